The first-order valence-electron chi connectivity index (χ1n) is 4.85. The van der Waals surface area contributed by atoms with Crippen LogP contribution in [0.2, 0.25) is 0 Å². The molecule has 1 aromatic carbocycles. The van der Waals surface area contributed by atoms with Gasteiger partial charge in [0.05, 0.1) is 4.90 Å². The molecule has 1 aromatic rings. The highest BCUT2D eigenvalue weighted by Crippen LogP contribution is 2.23. The highest BCUT2D eigenvalue weighted by atomic mass is 32.2. The van der Waals surface area contributed by atoms with E-state index < -0.39 is 20.8 Å². The van der Waals surface area contributed by atoms with E-state index in [9.17, 15) is 12.8 Å². The lowest BCUT2D eigenvalue weighted by Crippen LogP contribution is -2.11. The monoisotopic (exact) mass is 246 g/mol. The van der Waals surface area contributed by atoms with E-state index in [1.165, 1.54) is 12.1 Å². The molecule has 0 aliphatic heterocycles. The molecule has 0 bridgehead atoms. The zero-order chi connectivity index (χ0) is 12.6. The summed E-state index contributed by atoms with van der Waals surface area (Å²) in [7, 11) is -4.33. The molecule has 0 heterocycles. The van der Waals surface area contributed by atoms with Crippen LogP contribution in [-0.4, -0.2) is 13.0 Å². The van der Waals surface area contributed by atoms with Crippen molar-refractivity contribution in [3.05, 3.63) is 29.6 Å². The second-order valence-electron chi connectivity index (χ2n) is 4.97. The van der Waals surface area contributed by atoms with Gasteiger partial charge in [-0.05, 0) is 29.5 Å². The topological polar surface area (TPSA) is 54.4 Å². The maximum atomic E-state index is 13.5. The summed E-state index contributed by atoms with van der Waals surface area (Å²) in [5, 5.41) is 0. The standard InChI is InChI=1S/C11H15FO3S/c1-11(2,3)7-8-4-5-9(6-10(8)12)16(13,14)15/h4-6H,7H2,1-3H3,(H,13,14,15). The summed E-state index contributed by atoms with van der Waals surface area (Å²) in [4.78, 5) is -0.414. The van der Waals surface area contributed by atoms with Gasteiger partial charge in [0.2, 0.25) is 0 Å². The van der Waals surface area contributed by atoms with Gasteiger partial charge in [0.25, 0.3) is 10.1 Å². The van der Waals surface area contributed by atoms with E-state index in [1.54, 1.807) is 0 Å². The third-order valence-corrected chi connectivity index (χ3v) is 2.89. The lowest BCUT2D eigenvalue weighted by molar-refractivity contribution is 0.401. The van der Waals surface area contributed by atoms with E-state index >= 15 is 0 Å². The normalized spacial score (nSPS) is 12.8. The van der Waals surface area contributed by atoms with Crippen molar-refractivity contribution in [1.29, 1.82) is 0 Å². The fourth-order valence-corrected chi connectivity index (χ4v) is 1.90. The molecule has 0 aliphatic rings. The van der Waals surface area contributed by atoms with Crippen LogP contribution in [0.25, 0.3) is 0 Å². The fourth-order valence-electron chi connectivity index (χ4n) is 1.40. The Labute approximate surface area is 95.1 Å². The van der Waals surface area contributed by atoms with Gasteiger partial charge in [0, 0.05) is 0 Å². The first-order chi connectivity index (χ1) is 7.09. The van der Waals surface area contributed by atoms with Gasteiger partial charge in [-0.1, -0.05) is 26.8 Å². The fraction of sp³-hybridized carbons (Fsp3) is 0.455. The maximum Gasteiger partial charge on any atom is 0.294 e. The van der Waals surface area contributed by atoms with Gasteiger partial charge in [0.1, 0.15) is 5.82 Å². The second kappa shape index (κ2) is 4.14. The first kappa shape index (κ1) is 13.1. The van der Waals surface area contributed by atoms with Crippen LogP contribution < -0.4 is 0 Å². The van der Waals surface area contributed by atoms with Crippen LogP contribution in [0.5, 0.6) is 0 Å². The average molecular weight is 246 g/mol. The summed E-state index contributed by atoms with van der Waals surface area (Å²) in [5.74, 6) is -0.606. The van der Waals surface area contributed by atoms with E-state index in [1.807, 2.05) is 20.8 Å². The first-order valence-corrected chi connectivity index (χ1v) is 6.29. The molecule has 0 saturated heterocycles. The zero-order valence-electron chi connectivity index (χ0n) is 9.49. The van der Waals surface area contributed by atoms with Crippen LogP contribution in [0.1, 0.15) is 26.3 Å². The minimum atomic E-state index is -4.33. The molecule has 0 radical (unpaired) electrons. The summed E-state index contributed by atoms with van der Waals surface area (Å²) >= 11 is 0. The summed E-state index contributed by atoms with van der Waals surface area (Å²) in [6.45, 7) is 5.88. The van der Waals surface area contributed by atoms with Crippen molar-refractivity contribution >= 4 is 10.1 Å². The summed E-state index contributed by atoms with van der Waals surface area (Å²) in [6, 6.07) is 3.44. The molecular formula is C11H15FO3S. The maximum absolute atomic E-state index is 13.5. The van der Waals surface area contributed by atoms with Crippen molar-refractivity contribution in [3.63, 3.8) is 0 Å². The van der Waals surface area contributed by atoms with Crippen LogP contribution in [0.3, 0.4) is 0 Å². The summed E-state index contributed by atoms with van der Waals surface area (Å²) < 4.78 is 43.8. The number of hydrogen-bond donors (Lipinski definition) is 1. The third kappa shape index (κ3) is 3.57. The Hall–Kier alpha value is -0.940. The van der Waals surface area contributed by atoms with Crippen molar-refractivity contribution in [1.82, 2.24) is 0 Å². The van der Waals surface area contributed by atoms with E-state index in [-0.39, 0.29) is 5.41 Å². The Morgan fingerprint density at radius 1 is 1.31 bits per heavy atom. The Kier molecular flexibility index (Phi) is 3.40. The predicted octanol–water partition coefficient (Wildman–Crippen LogP) is 2.66. The molecule has 0 aromatic heterocycles. The Morgan fingerprint density at radius 2 is 1.88 bits per heavy atom. The van der Waals surface area contributed by atoms with Crippen LogP contribution >= 0.6 is 0 Å². The minimum Gasteiger partial charge on any atom is -0.282 e. The molecule has 0 unspecified atom stereocenters. The molecule has 0 saturated carbocycles. The van der Waals surface area contributed by atoms with Crippen molar-refractivity contribution in [2.45, 2.75) is 32.1 Å². The van der Waals surface area contributed by atoms with Crippen molar-refractivity contribution < 1.29 is 17.4 Å². The molecule has 1 N–H and O–H groups in total. The zero-order valence-corrected chi connectivity index (χ0v) is 10.3. The van der Waals surface area contributed by atoms with E-state index in [2.05, 4.69) is 0 Å². The van der Waals surface area contributed by atoms with Gasteiger partial charge in [-0.3, -0.25) is 4.55 Å². The number of benzene rings is 1. The summed E-state index contributed by atoms with van der Waals surface area (Å²) in [6.07, 6.45) is 0.505. The van der Waals surface area contributed by atoms with Crippen LogP contribution in [0.4, 0.5) is 4.39 Å². The van der Waals surface area contributed by atoms with Crippen LogP contribution in [0, 0.1) is 11.2 Å². The Bertz CT molecular complexity index is 486. The van der Waals surface area contributed by atoms with Gasteiger partial charge in [0.15, 0.2) is 0 Å². The largest absolute Gasteiger partial charge is 0.294 e. The van der Waals surface area contributed by atoms with Gasteiger partial charge >= 0.3 is 0 Å². The molecule has 0 spiro atoms. The molecule has 0 aliphatic carbocycles. The molecule has 0 atom stereocenters. The molecule has 3 nitrogen and oxygen atoms in total. The van der Waals surface area contributed by atoms with Gasteiger partial charge in [-0.2, -0.15) is 8.42 Å². The molecule has 0 fully saturated rings. The third-order valence-electron chi connectivity index (χ3n) is 2.04. The van der Waals surface area contributed by atoms with Crippen LogP contribution in [-0.2, 0) is 16.5 Å². The Balaban J connectivity index is 3.11. The highest BCUT2D eigenvalue weighted by Gasteiger charge is 2.17. The summed E-state index contributed by atoms with van der Waals surface area (Å²) in [5.41, 5.74) is 0.361. The molecule has 16 heavy (non-hydrogen) atoms. The highest BCUT2D eigenvalue weighted by molar-refractivity contribution is 7.85. The van der Waals surface area contributed by atoms with E-state index in [0.29, 0.717) is 12.0 Å². The Morgan fingerprint density at radius 3 is 2.25 bits per heavy atom. The quantitative estimate of drug-likeness (QED) is 0.816. The van der Waals surface area contributed by atoms with Gasteiger partial charge in [-0.15, -0.1) is 0 Å². The SMILES string of the molecule is CC(C)(C)Cc1ccc(S(=O)(=O)O)cc1F. The number of hydrogen-bond acceptors (Lipinski definition) is 2. The van der Waals surface area contributed by atoms with E-state index in [4.69, 9.17) is 4.55 Å². The molecular weight excluding hydrogens is 231 g/mol. The lowest BCUT2D eigenvalue weighted by atomic mass is 9.88. The number of rotatable bonds is 2. The smallest absolute Gasteiger partial charge is 0.282 e. The molecule has 0 amide bonds. The van der Waals surface area contributed by atoms with Crippen molar-refractivity contribution in [3.8, 4) is 0 Å². The minimum absolute atomic E-state index is 0.0829. The van der Waals surface area contributed by atoms with Crippen molar-refractivity contribution in [2.24, 2.45) is 5.41 Å². The van der Waals surface area contributed by atoms with Crippen molar-refractivity contribution in [2.75, 3.05) is 0 Å². The second-order valence-corrected chi connectivity index (χ2v) is 6.39. The lowest BCUT2D eigenvalue weighted by Gasteiger charge is -2.18. The van der Waals surface area contributed by atoms with Gasteiger partial charge < -0.3 is 0 Å². The molecule has 5 heteroatoms. The molecule has 1 rings (SSSR count). The predicted molar refractivity (Wildman–Crippen MR) is 59.4 cm³/mol. The van der Waals surface area contributed by atoms with Crippen LogP contribution in [0.15, 0.2) is 23.1 Å². The van der Waals surface area contributed by atoms with Gasteiger partial charge in [-0.25, -0.2) is 4.39 Å². The molecule has 90 valence electrons. The average Bonchev–Trinajstić information content (AvgIpc) is 2.04. The number of halogens is 1. The van der Waals surface area contributed by atoms with E-state index in [0.717, 1.165) is 6.07 Å².